The van der Waals surface area contributed by atoms with Gasteiger partial charge in [-0.2, -0.15) is 0 Å². The molecular weight excluding hydrogens is 187 g/mol. The van der Waals surface area contributed by atoms with E-state index < -0.39 is 0 Å². The molecule has 0 aliphatic heterocycles. The van der Waals surface area contributed by atoms with Crippen LogP contribution in [0.25, 0.3) is 0 Å². The van der Waals surface area contributed by atoms with Crippen LogP contribution in [0.15, 0.2) is 12.1 Å². The van der Waals surface area contributed by atoms with E-state index in [1.54, 1.807) is 5.30 Å². The zero-order valence-electron chi connectivity index (χ0n) is 9.78. The van der Waals surface area contributed by atoms with Gasteiger partial charge in [0.1, 0.15) is 0 Å². The average Bonchev–Trinajstić information content (AvgIpc) is 2.18. The van der Waals surface area contributed by atoms with Crippen LogP contribution >= 0.6 is 8.58 Å². The predicted octanol–water partition coefficient (Wildman–Crippen LogP) is 3.72. The first kappa shape index (κ1) is 11.7. The molecule has 0 heterocycles. The van der Waals surface area contributed by atoms with Crippen molar-refractivity contribution in [1.82, 2.24) is 0 Å². The summed E-state index contributed by atoms with van der Waals surface area (Å²) < 4.78 is 0. The van der Waals surface area contributed by atoms with E-state index in [0.29, 0.717) is 0 Å². The van der Waals surface area contributed by atoms with Crippen molar-refractivity contribution < 1.29 is 0 Å². The van der Waals surface area contributed by atoms with E-state index in [2.05, 4.69) is 39.8 Å². The van der Waals surface area contributed by atoms with Crippen LogP contribution in [-0.4, -0.2) is 6.16 Å². The van der Waals surface area contributed by atoms with Crippen molar-refractivity contribution in [3.8, 4) is 0 Å². The Kier molecular flexibility index (Phi) is 4.62. The zero-order chi connectivity index (χ0) is 10.6. The number of benzene rings is 1. The fraction of sp³-hybridized carbons (Fsp3) is 0.538. The minimum atomic E-state index is 1.00. The molecular formula is C13H21P. The van der Waals surface area contributed by atoms with Crippen molar-refractivity contribution in [3.05, 3.63) is 28.8 Å². The summed E-state index contributed by atoms with van der Waals surface area (Å²) in [6, 6.07) is 4.57. The minimum Gasteiger partial charge on any atom is -0.0901 e. The lowest BCUT2D eigenvalue weighted by atomic mass is 10.1. The highest BCUT2D eigenvalue weighted by Crippen LogP contribution is 2.19. The second-order valence-electron chi connectivity index (χ2n) is 3.96. The first-order valence-electron chi connectivity index (χ1n) is 5.47. The first-order chi connectivity index (χ1) is 6.66. The number of aryl methyl sites for hydroxylation is 1. The fourth-order valence-electron chi connectivity index (χ4n) is 1.55. The van der Waals surface area contributed by atoms with E-state index in [1.807, 2.05) is 0 Å². The van der Waals surface area contributed by atoms with Crippen molar-refractivity contribution in [2.75, 3.05) is 6.16 Å². The Hall–Kier alpha value is -0.350. The van der Waals surface area contributed by atoms with Gasteiger partial charge in [0.05, 0.1) is 0 Å². The van der Waals surface area contributed by atoms with Crippen LogP contribution in [0.2, 0.25) is 0 Å². The summed E-state index contributed by atoms with van der Waals surface area (Å²) in [7, 11) is 1.00. The van der Waals surface area contributed by atoms with Crippen LogP contribution < -0.4 is 5.30 Å². The predicted molar refractivity (Wildman–Crippen MR) is 68.4 cm³/mol. The molecule has 1 aromatic carbocycles. The summed E-state index contributed by atoms with van der Waals surface area (Å²) in [5, 5.41) is 1.57. The molecule has 0 bridgehead atoms. The lowest BCUT2D eigenvalue weighted by molar-refractivity contribution is 0.895. The molecule has 0 saturated carbocycles. The van der Waals surface area contributed by atoms with Crippen molar-refractivity contribution in [2.24, 2.45) is 0 Å². The highest BCUT2D eigenvalue weighted by Gasteiger charge is 2.02. The third kappa shape index (κ3) is 2.82. The second kappa shape index (κ2) is 5.51. The van der Waals surface area contributed by atoms with Gasteiger partial charge < -0.3 is 0 Å². The molecule has 0 spiro atoms. The van der Waals surface area contributed by atoms with Gasteiger partial charge in [-0.25, -0.2) is 0 Å². The highest BCUT2D eigenvalue weighted by atomic mass is 31.1. The molecule has 1 aromatic rings. The van der Waals surface area contributed by atoms with Gasteiger partial charge in [-0.05, 0) is 55.3 Å². The van der Waals surface area contributed by atoms with E-state index >= 15 is 0 Å². The smallest absolute Gasteiger partial charge is 0.0240 e. The Morgan fingerprint density at radius 2 is 1.79 bits per heavy atom. The normalized spacial score (nSPS) is 11.4. The number of hydrogen-bond donors (Lipinski definition) is 0. The fourth-order valence-corrected chi connectivity index (χ4v) is 3.00. The first-order valence-corrected chi connectivity index (χ1v) is 6.68. The maximum Gasteiger partial charge on any atom is -0.0240 e. The van der Waals surface area contributed by atoms with E-state index in [4.69, 9.17) is 0 Å². The van der Waals surface area contributed by atoms with E-state index in [9.17, 15) is 0 Å². The number of hydrogen-bond acceptors (Lipinski definition) is 0. The SMILES string of the molecule is CCCCPc1ccc(C)c(C)c1C. The summed E-state index contributed by atoms with van der Waals surface area (Å²) in [4.78, 5) is 0. The Morgan fingerprint density at radius 3 is 2.43 bits per heavy atom. The molecule has 1 atom stereocenters. The maximum atomic E-state index is 2.31. The monoisotopic (exact) mass is 208 g/mol. The summed E-state index contributed by atoms with van der Waals surface area (Å²) in [6.45, 7) is 8.95. The largest absolute Gasteiger partial charge is 0.0901 e. The second-order valence-corrected chi connectivity index (χ2v) is 5.35. The molecule has 0 amide bonds. The van der Waals surface area contributed by atoms with Crippen molar-refractivity contribution >= 4 is 13.9 Å². The number of rotatable bonds is 4. The maximum absolute atomic E-state index is 2.31. The topological polar surface area (TPSA) is 0 Å². The summed E-state index contributed by atoms with van der Waals surface area (Å²) in [5.41, 5.74) is 4.41. The van der Waals surface area contributed by atoms with Crippen LogP contribution in [0.3, 0.4) is 0 Å². The van der Waals surface area contributed by atoms with Crippen molar-refractivity contribution in [3.63, 3.8) is 0 Å². The van der Waals surface area contributed by atoms with Crippen molar-refractivity contribution in [2.45, 2.75) is 40.5 Å². The molecule has 0 aliphatic rings. The Morgan fingerprint density at radius 1 is 1.07 bits per heavy atom. The van der Waals surface area contributed by atoms with Gasteiger partial charge in [0.25, 0.3) is 0 Å². The lowest BCUT2D eigenvalue weighted by Crippen LogP contribution is -2.04. The lowest BCUT2D eigenvalue weighted by Gasteiger charge is -2.10. The minimum absolute atomic E-state index is 1.00. The molecule has 1 rings (SSSR count). The molecule has 0 fully saturated rings. The average molecular weight is 208 g/mol. The van der Waals surface area contributed by atoms with Crippen LogP contribution in [0.4, 0.5) is 0 Å². The van der Waals surface area contributed by atoms with E-state index in [-0.39, 0.29) is 0 Å². The third-order valence-corrected chi connectivity index (χ3v) is 4.43. The van der Waals surface area contributed by atoms with Gasteiger partial charge >= 0.3 is 0 Å². The van der Waals surface area contributed by atoms with Gasteiger partial charge in [-0.1, -0.05) is 34.1 Å². The standard InChI is InChI=1S/C13H21P/c1-5-6-9-14-13-8-7-10(2)11(3)12(13)4/h7-8,14H,5-6,9H2,1-4H3. The van der Waals surface area contributed by atoms with Gasteiger partial charge in [-0.15, -0.1) is 0 Å². The summed E-state index contributed by atoms with van der Waals surface area (Å²) in [5.74, 6) is 0. The van der Waals surface area contributed by atoms with Crippen LogP contribution in [0.1, 0.15) is 36.5 Å². The van der Waals surface area contributed by atoms with Crippen LogP contribution in [-0.2, 0) is 0 Å². The Bertz CT molecular complexity index is 302. The Labute approximate surface area is 89.9 Å². The molecule has 78 valence electrons. The third-order valence-electron chi connectivity index (χ3n) is 2.90. The quantitative estimate of drug-likeness (QED) is 0.522. The summed E-state index contributed by atoms with van der Waals surface area (Å²) >= 11 is 0. The van der Waals surface area contributed by atoms with Gasteiger partial charge in [0.15, 0.2) is 0 Å². The van der Waals surface area contributed by atoms with Gasteiger partial charge in [0.2, 0.25) is 0 Å². The molecule has 0 radical (unpaired) electrons. The molecule has 0 saturated heterocycles. The van der Waals surface area contributed by atoms with Crippen LogP contribution in [0, 0.1) is 20.8 Å². The molecule has 14 heavy (non-hydrogen) atoms. The molecule has 0 aliphatic carbocycles. The van der Waals surface area contributed by atoms with E-state index in [1.165, 1.54) is 35.7 Å². The van der Waals surface area contributed by atoms with Gasteiger partial charge in [-0.3, -0.25) is 0 Å². The van der Waals surface area contributed by atoms with Gasteiger partial charge in [0, 0.05) is 0 Å². The van der Waals surface area contributed by atoms with E-state index in [0.717, 1.165) is 8.58 Å². The molecule has 0 N–H and O–H groups in total. The zero-order valence-corrected chi connectivity index (χ0v) is 10.8. The number of unbranched alkanes of at least 4 members (excludes halogenated alkanes) is 1. The Balaban J connectivity index is 2.73. The molecule has 1 heteroatoms. The molecule has 1 unspecified atom stereocenters. The van der Waals surface area contributed by atoms with Crippen LogP contribution in [0.5, 0.6) is 0 Å². The molecule has 0 nitrogen and oxygen atoms in total. The molecule has 0 aromatic heterocycles. The van der Waals surface area contributed by atoms with Crippen molar-refractivity contribution in [1.29, 1.82) is 0 Å². The highest BCUT2D eigenvalue weighted by molar-refractivity contribution is 7.47. The summed E-state index contributed by atoms with van der Waals surface area (Å²) in [6.07, 6.45) is 4.04.